The predicted octanol–water partition coefficient (Wildman–Crippen LogP) is 4.80. The van der Waals surface area contributed by atoms with Crippen molar-refractivity contribution in [2.45, 2.75) is 38.8 Å². The van der Waals surface area contributed by atoms with Gasteiger partial charge in [-0.3, -0.25) is 13.9 Å². The van der Waals surface area contributed by atoms with E-state index in [9.17, 15) is 22.4 Å². The molecule has 0 aliphatic rings. The molecule has 0 bridgehead atoms. The summed E-state index contributed by atoms with van der Waals surface area (Å²) in [6, 6.07) is 20.2. The molecule has 3 aromatic carbocycles. The van der Waals surface area contributed by atoms with Crippen molar-refractivity contribution in [1.29, 1.82) is 0 Å². The van der Waals surface area contributed by atoms with E-state index in [0.29, 0.717) is 17.1 Å². The van der Waals surface area contributed by atoms with Crippen LogP contribution in [0.1, 0.15) is 30.9 Å². The average Bonchev–Trinajstić information content (AvgIpc) is 2.90. The molecule has 0 saturated carbocycles. The molecular formula is C29H33ClFN3O4S. The minimum absolute atomic E-state index is 0.0229. The molecule has 10 heteroatoms. The van der Waals surface area contributed by atoms with Gasteiger partial charge in [-0.05, 0) is 47.9 Å². The van der Waals surface area contributed by atoms with E-state index < -0.39 is 34.3 Å². The van der Waals surface area contributed by atoms with Gasteiger partial charge in [-0.2, -0.15) is 0 Å². The normalized spacial score (nSPS) is 12.0. The van der Waals surface area contributed by atoms with E-state index in [1.165, 1.54) is 35.2 Å². The zero-order valence-electron chi connectivity index (χ0n) is 22.0. The van der Waals surface area contributed by atoms with Crippen molar-refractivity contribution < 1.29 is 22.4 Å². The maximum Gasteiger partial charge on any atom is 0.244 e. The molecule has 0 aliphatic heterocycles. The fourth-order valence-corrected chi connectivity index (χ4v) is 5.12. The van der Waals surface area contributed by atoms with Gasteiger partial charge in [0.25, 0.3) is 0 Å². The van der Waals surface area contributed by atoms with E-state index in [-0.39, 0.29) is 24.6 Å². The highest BCUT2D eigenvalue weighted by Gasteiger charge is 2.33. The SMILES string of the molecule is CCCCNC(=O)C(Cc1ccccc1)N(Cc1ccc(F)cc1)C(=O)CN(c1cccc(Cl)c1)S(C)(=O)=O. The average molecular weight is 574 g/mol. The van der Waals surface area contributed by atoms with Crippen LogP contribution >= 0.6 is 11.6 Å². The summed E-state index contributed by atoms with van der Waals surface area (Å²) >= 11 is 6.10. The van der Waals surface area contributed by atoms with Gasteiger partial charge in [0.05, 0.1) is 11.9 Å². The first-order valence-corrected chi connectivity index (χ1v) is 14.9. The number of unbranched alkanes of at least 4 members (excludes halogenated alkanes) is 1. The Morgan fingerprint density at radius 2 is 1.67 bits per heavy atom. The Bertz CT molecular complexity index is 1350. The molecule has 0 aliphatic carbocycles. The zero-order valence-corrected chi connectivity index (χ0v) is 23.6. The first kappa shape index (κ1) is 30.1. The van der Waals surface area contributed by atoms with Gasteiger partial charge in [0.2, 0.25) is 21.8 Å². The molecular weight excluding hydrogens is 541 g/mol. The molecule has 208 valence electrons. The monoisotopic (exact) mass is 573 g/mol. The summed E-state index contributed by atoms with van der Waals surface area (Å²) in [5, 5.41) is 3.23. The summed E-state index contributed by atoms with van der Waals surface area (Å²) in [5.41, 5.74) is 1.66. The molecule has 0 heterocycles. The lowest BCUT2D eigenvalue weighted by atomic mass is 10.0. The van der Waals surface area contributed by atoms with Gasteiger partial charge in [-0.1, -0.05) is 73.5 Å². The predicted molar refractivity (Wildman–Crippen MR) is 152 cm³/mol. The summed E-state index contributed by atoms with van der Waals surface area (Å²) in [7, 11) is -3.89. The van der Waals surface area contributed by atoms with Crippen molar-refractivity contribution in [2.24, 2.45) is 0 Å². The number of nitrogens with one attached hydrogen (secondary N) is 1. The molecule has 3 aromatic rings. The smallest absolute Gasteiger partial charge is 0.244 e. The van der Waals surface area contributed by atoms with Crippen LogP contribution in [0.2, 0.25) is 5.02 Å². The Balaban J connectivity index is 2.02. The maximum atomic E-state index is 13.9. The number of hydrogen-bond acceptors (Lipinski definition) is 4. The standard InChI is InChI=1S/C29H33ClFN3O4S/c1-3-4-17-32-29(36)27(18-22-9-6-5-7-10-22)33(20-23-13-15-25(31)16-14-23)28(35)21-34(39(2,37)38)26-12-8-11-24(30)19-26/h5-16,19,27H,3-4,17-18,20-21H2,1-2H3,(H,32,36). The van der Waals surface area contributed by atoms with E-state index in [2.05, 4.69) is 5.32 Å². The summed E-state index contributed by atoms with van der Waals surface area (Å²) in [6.45, 7) is 1.88. The summed E-state index contributed by atoms with van der Waals surface area (Å²) < 4.78 is 40.1. The first-order valence-electron chi connectivity index (χ1n) is 12.7. The topological polar surface area (TPSA) is 86.8 Å². The third-order valence-corrected chi connectivity index (χ3v) is 7.52. The molecule has 0 spiro atoms. The minimum atomic E-state index is -3.89. The van der Waals surface area contributed by atoms with E-state index in [0.717, 1.165) is 29.0 Å². The Kier molecular flexibility index (Phi) is 10.9. The molecule has 7 nitrogen and oxygen atoms in total. The van der Waals surface area contributed by atoms with Gasteiger partial charge >= 0.3 is 0 Å². The second kappa shape index (κ2) is 14.1. The fraction of sp³-hybridized carbons (Fsp3) is 0.310. The van der Waals surface area contributed by atoms with Crippen LogP contribution in [-0.4, -0.2) is 50.5 Å². The van der Waals surface area contributed by atoms with Crippen molar-refractivity contribution in [1.82, 2.24) is 10.2 Å². The van der Waals surface area contributed by atoms with Crippen LogP contribution in [0.3, 0.4) is 0 Å². The van der Waals surface area contributed by atoms with Crippen molar-refractivity contribution >= 4 is 39.1 Å². The van der Waals surface area contributed by atoms with Gasteiger partial charge in [-0.15, -0.1) is 0 Å². The third kappa shape index (κ3) is 9.07. The van der Waals surface area contributed by atoms with E-state index in [1.807, 2.05) is 37.3 Å². The Morgan fingerprint density at radius 1 is 0.974 bits per heavy atom. The Morgan fingerprint density at radius 3 is 2.28 bits per heavy atom. The number of rotatable bonds is 13. The largest absolute Gasteiger partial charge is 0.354 e. The van der Waals surface area contributed by atoms with Crippen molar-refractivity contribution in [3.05, 3.63) is 101 Å². The summed E-state index contributed by atoms with van der Waals surface area (Å²) in [6.07, 6.45) is 2.86. The fourth-order valence-electron chi connectivity index (χ4n) is 4.09. The second-order valence-corrected chi connectivity index (χ2v) is 11.6. The van der Waals surface area contributed by atoms with Gasteiger partial charge in [0.15, 0.2) is 0 Å². The zero-order chi connectivity index (χ0) is 28.4. The van der Waals surface area contributed by atoms with Crippen molar-refractivity contribution in [3.8, 4) is 0 Å². The molecule has 0 aromatic heterocycles. The molecule has 39 heavy (non-hydrogen) atoms. The van der Waals surface area contributed by atoms with E-state index >= 15 is 0 Å². The molecule has 3 rings (SSSR count). The lowest BCUT2D eigenvalue weighted by Crippen LogP contribution is -2.53. The van der Waals surface area contributed by atoms with Gasteiger partial charge in [0.1, 0.15) is 18.4 Å². The number of carbonyl (C=O) groups is 2. The molecule has 0 fully saturated rings. The highest BCUT2D eigenvalue weighted by atomic mass is 35.5. The van der Waals surface area contributed by atoms with E-state index in [4.69, 9.17) is 11.6 Å². The van der Waals surface area contributed by atoms with Crippen LogP contribution < -0.4 is 9.62 Å². The first-order chi connectivity index (χ1) is 18.6. The molecule has 0 radical (unpaired) electrons. The maximum absolute atomic E-state index is 13.9. The number of benzene rings is 3. The Hall–Kier alpha value is -3.43. The third-order valence-electron chi connectivity index (χ3n) is 6.14. The van der Waals surface area contributed by atoms with Gasteiger partial charge < -0.3 is 10.2 Å². The van der Waals surface area contributed by atoms with Crippen molar-refractivity contribution in [3.63, 3.8) is 0 Å². The van der Waals surface area contributed by atoms with Crippen LogP contribution in [0.4, 0.5) is 10.1 Å². The molecule has 1 atom stereocenters. The number of nitrogens with zero attached hydrogens (tertiary/aromatic N) is 2. The number of sulfonamides is 1. The highest BCUT2D eigenvalue weighted by molar-refractivity contribution is 7.92. The minimum Gasteiger partial charge on any atom is -0.354 e. The molecule has 2 amide bonds. The molecule has 1 unspecified atom stereocenters. The number of hydrogen-bond donors (Lipinski definition) is 1. The number of amides is 2. The number of carbonyl (C=O) groups excluding carboxylic acids is 2. The van der Waals surface area contributed by atoms with Crippen LogP contribution in [0.25, 0.3) is 0 Å². The van der Waals surface area contributed by atoms with Crippen LogP contribution in [0, 0.1) is 5.82 Å². The quantitative estimate of drug-likeness (QED) is 0.298. The highest BCUT2D eigenvalue weighted by Crippen LogP contribution is 2.23. The lowest BCUT2D eigenvalue weighted by Gasteiger charge is -2.33. The summed E-state index contributed by atoms with van der Waals surface area (Å²) in [5.74, 6) is -1.37. The van der Waals surface area contributed by atoms with E-state index in [1.54, 1.807) is 18.2 Å². The number of anilines is 1. The summed E-state index contributed by atoms with van der Waals surface area (Å²) in [4.78, 5) is 28.8. The lowest BCUT2D eigenvalue weighted by molar-refractivity contribution is -0.140. The molecule has 0 saturated heterocycles. The van der Waals surface area contributed by atoms with Crippen LogP contribution in [0.15, 0.2) is 78.9 Å². The van der Waals surface area contributed by atoms with Crippen LogP contribution in [0.5, 0.6) is 0 Å². The van der Waals surface area contributed by atoms with Gasteiger partial charge in [0, 0.05) is 24.5 Å². The van der Waals surface area contributed by atoms with Crippen LogP contribution in [-0.2, 0) is 32.6 Å². The van der Waals surface area contributed by atoms with Gasteiger partial charge in [-0.25, -0.2) is 12.8 Å². The second-order valence-electron chi connectivity index (χ2n) is 9.25. The number of halogens is 2. The Labute approximate surface area is 234 Å². The van der Waals surface area contributed by atoms with Crippen molar-refractivity contribution in [2.75, 3.05) is 23.7 Å². The molecule has 1 N–H and O–H groups in total.